The summed E-state index contributed by atoms with van der Waals surface area (Å²) in [6.45, 7) is 2.78. The Kier molecular flexibility index (Phi) is 4.58. The first kappa shape index (κ1) is 16.3. The maximum atomic E-state index is 12.7. The molecule has 1 unspecified atom stereocenters. The number of rotatable bonds is 5. The number of carbonyl (C=O) groups excluding carboxylic acids is 1. The van der Waals surface area contributed by atoms with Gasteiger partial charge in [-0.05, 0) is 48.9 Å². The maximum absolute atomic E-state index is 12.7. The minimum Gasteiger partial charge on any atom is -0.355 e. The van der Waals surface area contributed by atoms with Gasteiger partial charge in [0.25, 0.3) is 0 Å². The molecular weight excluding hydrogens is 308 g/mol. The van der Waals surface area contributed by atoms with E-state index in [1.807, 2.05) is 12.1 Å². The van der Waals surface area contributed by atoms with Gasteiger partial charge in [-0.3, -0.25) is 4.79 Å². The Morgan fingerprint density at radius 2 is 1.56 bits per heavy atom. The largest absolute Gasteiger partial charge is 0.355 e. The van der Waals surface area contributed by atoms with Crippen molar-refractivity contribution in [3.63, 3.8) is 0 Å². The second kappa shape index (κ2) is 7.01. The molecule has 1 amide bonds. The van der Waals surface area contributed by atoms with Gasteiger partial charge in [-0.2, -0.15) is 0 Å². The molecule has 1 aliphatic heterocycles. The molecule has 1 spiro atoms. The van der Waals surface area contributed by atoms with Crippen molar-refractivity contribution in [2.45, 2.75) is 25.2 Å². The van der Waals surface area contributed by atoms with Crippen molar-refractivity contribution in [2.24, 2.45) is 11.3 Å². The second-order valence-electron chi connectivity index (χ2n) is 7.49. The highest BCUT2D eigenvalue weighted by atomic mass is 16.2. The molecule has 1 atom stereocenters. The molecule has 0 aromatic heterocycles. The highest BCUT2D eigenvalue weighted by Gasteiger charge is 2.57. The summed E-state index contributed by atoms with van der Waals surface area (Å²) in [4.78, 5) is 12.7. The van der Waals surface area contributed by atoms with Crippen LogP contribution in [0.5, 0.6) is 0 Å². The quantitative estimate of drug-likeness (QED) is 0.881. The lowest BCUT2D eigenvalue weighted by molar-refractivity contribution is -0.123. The smallest absolute Gasteiger partial charge is 0.223 e. The van der Waals surface area contributed by atoms with E-state index in [0.29, 0.717) is 12.0 Å². The fourth-order valence-electron chi connectivity index (χ4n) is 4.32. The third kappa shape index (κ3) is 3.47. The van der Waals surface area contributed by atoms with E-state index in [-0.39, 0.29) is 17.7 Å². The van der Waals surface area contributed by atoms with Crippen LogP contribution in [0.1, 0.15) is 36.3 Å². The van der Waals surface area contributed by atoms with E-state index >= 15 is 0 Å². The van der Waals surface area contributed by atoms with Crippen molar-refractivity contribution in [1.82, 2.24) is 10.6 Å². The standard InChI is InChI=1S/C22H26N2O/c25-21(20-15-22(20)11-13-23-14-12-22)24-16-19(17-7-3-1-4-8-17)18-9-5-2-6-10-18/h1-10,19-20,23H,11-16H2,(H,24,25). The Morgan fingerprint density at radius 3 is 2.12 bits per heavy atom. The van der Waals surface area contributed by atoms with Crippen LogP contribution in [0.4, 0.5) is 0 Å². The summed E-state index contributed by atoms with van der Waals surface area (Å²) >= 11 is 0. The lowest BCUT2D eigenvalue weighted by atomic mass is 9.90. The Balaban J connectivity index is 1.44. The van der Waals surface area contributed by atoms with E-state index in [4.69, 9.17) is 0 Å². The summed E-state index contributed by atoms with van der Waals surface area (Å²) < 4.78 is 0. The molecule has 25 heavy (non-hydrogen) atoms. The molecule has 2 aromatic carbocycles. The molecule has 1 heterocycles. The molecule has 1 aliphatic carbocycles. The van der Waals surface area contributed by atoms with Gasteiger partial charge < -0.3 is 10.6 Å². The molecule has 2 fully saturated rings. The van der Waals surface area contributed by atoms with Gasteiger partial charge in [-0.15, -0.1) is 0 Å². The summed E-state index contributed by atoms with van der Waals surface area (Å²) in [5.74, 6) is 0.676. The van der Waals surface area contributed by atoms with Crippen LogP contribution in [-0.2, 0) is 4.79 Å². The SMILES string of the molecule is O=C(NCC(c1ccccc1)c1ccccc1)C1CC12CCNCC2. The van der Waals surface area contributed by atoms with Crippen LogP contribution >= 0.6 is 0 Å². The number of hydrogen-bond acceptors (Lipinski definition) is 2. The first-order chi connectivity index (χ1) is 12.3. The minimum absolute atomic E-state index is 0.203. The summed E-state index contributed by atoms with van der Waals surface area (Å²) in [5.41, 5.74) is 2.80. The first-order valence-electron chi connectivity index (χ1n) is 9.37. The number of amides is 1. The van der Waals surface area contributed by atoms with E-state index in [1.54, 1.807) is 0 Å². The molecule has 0 bridgehead atoms. The molecule has 1 saturated heterocycles. The zero-order chi connectivity index (χ0) is 17.1. The third-order valence-corrected chi connectivity index (χ3v) is 5.99. The molecule has 0 radical (unpaired) electrons. The normalized spacial score (nSPS) is 21.2. The number of benzene rings is 2. The lowest BCUT2D eigenvalue weighted by Gasteiger charge is -2.24. The molecule has 2 aromatic rings. The van der Waals surface area contributed by atoms with Crippen molar-refractivity contribution >= 4 is 5.91 Å². The second-order valence-corrected chi connectivity index (χ2v) is 7.49. The van der Waals surface area contributed by atoms with Gasteiger partial charge in [0, 0.05) is 18.4 Å². The summed E-state index contributed by atoms with van der Waals surface area (Å²) in [7, 11) is 0. The van der Waals surface area contributed by atoms with Gasteiger partial charge in [0.1, 0.15) is 0 Å². The minimum atomic E-state index is 0.203. The number of nitrogens with one attached hydrogen (secondary N) is 2. The van der Waals surface area contributed by atoms with Crippen LogP contribution in [0, 0.1) is 11.3 Å². The van der Waals surface area contributed by atoms with Crippen molar-refractivity contribution in [2.75, 3.05) is 19.6 Å². The average molecular weight is 334 g/mol. The zero-order valence-electron chi connectivity index (χ0n) is 14.6. The van der Waals surface area contributed by atoms with E-state index in [0.717, 1.165) is 32.4 Å². The van der Waals surface area contributed by atoms with Crippen molar-refractivity contribution in [1.29, 1.82) is 0 Å². The topological polar surface area (TPSA) is 41.1 Å². The molecule has 4 rings (SSSR count). The molecule has 130 valence electrons. The average Bonchev–Trinajstić information content (AvgIpc) is 3.37. The molecule has 3 heteroatoms. The Labute approximate surface area is 149 Å². The summed E-state index contributed by atoms with van der Waals surface area (Å²) in [5, 5.41) is 6.66. The monoisotopic (exact) mass is 334 g/mol. The zero-order valence-corrected chi connectivity index (χ0v) is 14.6. The Morgan fingerprint density at radius 1 is 1.00 bits per heavy atom. The highest BCUT2D eigenvalue weighted by molar-refractivity contribution is 5.82. The van der Waals surface area contributed by atoms with E-state index in [1.165, 1.54) is 11.1 Å². The fourth-order valence-corrected chi connectivity index (χ4v) is 4.32. The number of hydrogen-bond donors (Lipinski definition) is 2. The number of piperidine rings is 1. The highest BCUT2D eigenvalue weighted by Crippen LogP contribution is 2.58. The number of carbonyl (C=O) groups is 1. The first-order valence-corrected chi connectivity index (χ1v) is 9.37. The van der Waals surface area contributed by atoms with Gasteiger partial charge in [0.15, 0.2) is 0 Å². The van der Waals surface area contributed by atoms with Crippen molar-refractivity contribution < 1.29 is 4.79 Å². The van der Waals surface area contributed by atoms with Crippen LogP contribution in [0.15, 0.2) is 60.7 Å². The van der Waals surface area contributed by atoms with Gasteiger partial charge in [-0.1, -0.05) is 60.7 Å². The lowest BCUT2D eigenvalue weighted by Crippen LogP contribution is -2.35. The molecule has 2 aliphatic rings. The van der Waals surface area contributed by atoms with E-state index < -0.39 is 0 Å². The van der Waals surface area contributed by atoms with E-state index in [2.05, 4.69) is 59.2 Å². The Hall–Kier alpha value is -2.13. The van der Waals surface area contributed by atoms with Crippen LogP contribution in [0.25, 0.3) is 0 Å². The van der Waals surface area contributed by atoms with Gasteiger partial charge >= 0.3 is 0 Å². The third-order valence-electron chi connectivity index (χ3n) is 5.99. The van der Waals surface area contributed by atoms with Crippen LogP contribution < -0.4 is 10.6 Å². The van der Waals surface area contributed by atoms with Crippen molar-refractivity contribution in [3.05, 3.63) is 71.8 Å². The predicted molar refractivity (Wildman–Crippen MR) is 100 cm³/mol. The molecule has 1 saturated carbocycles. The molecular formula is C22H26N2O. The van der Waals surface area contributed by atoms with Crippen LogP contribution in [0.2, 0.25) is 0 Å². The molecule has 3 nitrogen and oxygen atoms in total. The van der Waals surface area contributed by atoms with Gasteiger partial charge in [0.2, 0.25) is 5.91 Å². The summed E-state index contributed by atoms with van der Waals surface area (Å²) in [6.07, 6.45) is 3.36. The Bertz CT molecular complexity index is 668. The van der Waals surface area contributed by atoms with Crippen LogP contribution in [0.3, 0.4) is 0 Å². The van der Waals surface area contributed by atoms with Crippen molar-refractivity contribution in [3.8, 4) is 0 Å². The fraction of sp³-hybridized carbons (Fsp3) is 0.409. The van der Waals surface area contributed by atoms with E-state index in [9.17, 15) is 4.79 Å². The molecule has 2 N–H and O–H groups in total. The predicted octanol–water partition coefficient (Wildman–Crippen LogP) is 3.32. The summed E-state index contributed by atoms with van der Waals surface area (Å²) in [6, 6.07) is 20.9. The van der Waals surface area contributed by atoms with Gasteiger partial charge in [-0.25, -0.2) is 0 Å². The van der Waals surface area contributed by atoms with Gasteiger partial charge in [0.05, 0.1) is 0 Å². The van der Waals surface area contributed by atoms with Crippen LogP contribution in [-0.4, -0.2) is 25.5 Å². The maximum Gasteiger partial charge on any atom is 0.223 e.